The first-order chi connectivity index (χ1) is 5.20. The summed E-state index contributed by atoms with van der Waals surface area (Å²) < 4.78 is 26.2. The molecule has 0 spiro atoms. The van der Waals surface area contributed by atoms with E-state index in [2.05, 4.69) is 0 Å². The van der Waals surface area contributed by atoms with Crippen molar-refractivity contribution in [2.24, 2.45) is 0 Å². The molecule has 0 aromatic heterocycles. The Bertz CT molecular complexity index is 121. The molecule has 9 nitrogen and oxygen atoms in total. The molecule has 0 saturated carbocycles. The zero-order valence-electron chi connectivity index (χ0n) is 5.41. The first-order valence-corrected chi connectivity index (χ1v) is 5.86. The molecule has 0 aromatic carbocycles. The Kier molecular flexibility index (Phi) is 71.2. The van der Waals surface area contributed by atoms with Gasteiger partial charge in [0, 0.05) is 0 Å². The normalized spacial score (nSPS) is 4.80. The second kappa shape index (κ2) is 29.7. The van der Waals surface area contributed by atoms with Gasteiger partial charge in [-0.1, -0.05) is 0 Å². The summed E-state index contributed by atoms with van der Waals surface area (Å²) in [5.74, 6) is 0. The third-order valence-electron chi connectivity index (χ3n) is 0. The van der Waals surface area contributed by atoms with E-state index in [1.54, 1.807) is 0 Å². The van der Waals surface area contributed by atoms with Gasteiger partial charge in [-0.15, -0.1) is 0 Å². The van der Waals surface area contributed by atoms with Gasteiger partial charge >= 0.3 is 103 Å². The van der Waals surface area contributed by atoms with Crippen LogP contribution in [0.25, 0.3) is 0 Å². The van der Waals surface area contributed by atoms with Gasteiger partial charge in [0.05, 0.1) is 0 Å². The number of rotatable bonds is 0. The van der Waals surface area contributed by atoms with Crippen molar-refractivity contribution in [2.45, 2.75) is 0 Å². The van der Waals surface area contributed by atoms with E-state index in [-0.39, 0.29) is 92.8 Å². The molecule has 0 fully saturated rings. The summed E-state index contributed by atoms with van der Waals surface area (Å²) in [6.07, 6.45) is 0. The molecule has 0 radical (unpaired) electrons. The van der Waals surface area contributed by atoms with E-state index in [1.807, 2.05) is 0 Å². The van der Waals surface area contributed by atoms with Crippen LogP contribution in [-0.4, -0.2) is 149 Å². The average molecular weight is 348 g/mol. The van der Waals surface area contributed by atoms with Gasteiger partial charge < -0.3 is 28.8 Å². The minimum absolute atomic E-state index is 0. The first kappa shape index (κ1) is 36.0. The van der Waals surface area contributed by atoms with Crippen molar-refractivity contribution >= 4 is 120 Å². The van der Waals surface area contributed by atoms with E-state index >= 15 is 0 Å². The molecule has 15 heavy (non-hydrogen) atoms. The van der Waals surface area contributed by atoms with E-state index in [0.717, 1.165) is 0 Å². The standard InChI is InChI=1S/Al.2Ca.3H2O3Si.7H/c;;;3*1-4(2)3;;;;;;;/h;;;3*1-2H;;;;;;;. The van der Waals surface area contributed by atoms with Crippen molar-refractivity contribution in [3.8, 4) is 0 Å². The van der Waals surface area contributed by atoms with E-state index < -0.39 is 27.5 Å². The molecule has 0 saturated heterocycles. The molecule has 0 bridgehead atoms. The molecule has 0 aliphatic heterocycles. The predicted octanol–water partition coefficient (Wildman–Crippen LogP) is -7.86. The molecule has 0 unspecified atom stereocenters. The van der Waals surface area contributed by atoms with E-state index in [1.165, 1.54) is 0 Å². The Morgan fingerprint density at radius 3 is 0.533 bits per heavy atom. The topological polar surface area (TPSA) is 173 Å². The van der Waals surface area contributed by atoms with Crippen LogP contribution in [0.4, 0.5) is 0 Å². The Morgan fingerprint density at radius 1 is 0.533 bits per heavy atom. The molecule has 0 aromatic rings. The molecular weight excluding hydrogens is 335 g/mol. The van der Waals surface area contributed by atoms with E-state index in [0.29, 0.717) is 0 Å². The quantitative estimate of drug-likeness (QED) is 0.232. The fraction of sp³-hybridized carbons (Fsp3) is 0. The van der Waals surface area contributed by atoms with Crippen molar-refractivity contribution in [1.82, 2.24) is 0 Å². The van der Waals surface area contributed by atoms with Crippen molar-refractivity contribution in [3.63, 3.8) is 0 Å². The fourth-order valence-electron chi connectivity index (χ4n) is 0. The van der Waals surface area contributed by atoms with Crippen LogP contribution in [0, 0.1) is 0 Å². The van der Waals surface area contributed by atoms with Gasteiger partial charge in [-0.3, -0.25) is 13.4 Å². The summed E-state index contributed by atoms with van der Waals surface area (Å²) >= 11 is 0. The van der Waals surface area contributed by atoms with Crippen LogP contribution >= 0.6 is 0 Å². The second-order valence-corrected chi connectivity index (χ2v) is 2.54. The summed E-state index contributed by atoms with van der Waals surface area (Å²) in [5, 5.41) is 0. The van der Waals surface area contributed by atoms with Crippen molar-refractivity contribution in [3.05, 3.63) is 0 Å². The molecule has 6 N–H and O–H groups in total. The van der Waals surface area contributed by atoms with Crippen LogP contribution in [0.1, 0.15) is 0 Å². The zero-order valence-corrected chi connectivity index (χ0v) is 8.41. The van der Waals surface area contributed by atoms with E-state index in [9.17, 15) is 0 Å². The second-order valence-electron chi connectivity index (χ2n) is 0.848. The molecule has 0 rings (SSSR count). The molecule has 86 valence electrons. The van der Waals surface area contributed by atoms with Gasteiger partial charge in [0.15, 0.2) is 17.4 Å². The third kappa shape index (κ3) is 849. The molecule has 0 heterocycles. The monoisotopic (exact) mass is 348 g/mol. The molecular formula is H13AlCa2O9Si3. The van der Waals surface area contributed by atoms with E-state index in [4.69, 9.17) is 42.2 Å². The third-order valence-corrected chi connectivity index (χ3v) is 0. The van der Waals surface area contributed by atoms with Crippen molar-refractivity contribution in [1.29, 1.82) is 0 Å². The predicted molar refractivity (Wildman–Crippen MR) is 59.7 cm³/mol. The SMILES string of the molecule is O=[Si](O)O.O=[Si](O)O.O=[Si](O)O.[AlH3].[CaH2].[CaH2]. The first-order valence-electron chi connectivity index (χ1n) is 1.95. The van der Waals surface area contributed by atoms with Gasteiger partial charge in [0.1, 0.15) is 0 Å². The number of hydrogen-bond donors (Lipinski definition) is 6. The Morgan fingerprint density at radius 2 is 0.533 bits per heavy atom. The van der Waals surface area contributed by atoms with Crippen LogP contribution in [-0.2, 0) is 13.4 Å². The zero-order chi connectivity index (χ0) is 10.7. The van der Waals surface area contributed by atoms with Crippen LogP contribution in [0.15, 0.2) is 0 Å². The summed E-state index contributed by atoms with van der Waals surface area (Å²) in [6, 6.07) is 0. The van der Waals surface area contributed by atoms with Crippen LogP contribution in [0.5, 0.6) is 0 Å². The Balaban J connectivity index is -0.0000000184. The Labute approximate surface area is 160 Å². The van der Waals surface area contributed by atoms with Gasteiger partial charge in [0.2, 0.25) is 0 Å². The van der Waals surface area contributed by atoms with Crippen LogP contribution < -0.4 is 0 Å². The van der Waals surface area contributed by atoms with Crippen molar-refractivity contribution < 1.29 is 42.2 Å². The summed E-state index contributed by atoms with van der Waals surface area (Å²) in [7, 11) is -9.39. The maximum atomic E-state index is 8.74. The van der Waals surface area contributed by atoms with Crippen LogP contribution in [0.2, 0.25) is 0 Å². The molecule has 0 amide bonds. The van der Waals surface area contributed by atoms with Gasteiger partial charge in [-0.2, -0.15) is 0 Å². The molecule has 0 atom stereocenters. The van der Waals surface area contributed by atoms with Gasteiger partial charge in [-0.05, 0) is 0 Å². The summed E-state index contributed by atoms with van der Waals surface area (Å²) in [4.78, 5) is 42.9. The maximum absolute atomic E-state index is 8.74. The fourth-order valence-corrected chi connectivity index (χ4v) is 0. The number of hydrogen-bond acceptors (Lipinski definition) is 3. The average Bonchev–Trinajstić information content (AvgIpc) is 1.54. The summed E-state index contributed by atoms with van der Waals surface area (Å²) in [5.41, 5.74) is 0. The van der Waals surface area contributed by atoms with Gasteiger partial charge in [-0.25, -0.2) is 0 Å². The summed E-state index contributed by atoms with van der Waals surface area (Å²) in [6.45, 7) is 0. The molecule has 0 aliphatic rings. The Hall–Kier alpha value is 1.90. The molecule has 15 heteroatoms. The van der Waals surface area contributed by atoms with Crippen molar-refractivity contribution in [2.75, 3.05) is 0 Å². The van der Waals surface area contributed by atoms with Gasteiger partial charge in [0.25, 0.3) is 0 Å². The van der Waals surface area contributed by atoms with Crippen LogP contribution in [0.3, 0.4) is 0 Å². The minimum atomic E-state index is -3.13. The molecule has 0 aliphatic carbocycles.